The van der Waals surface area contributed by atoms with E-state index in [0.717, 1.165) is 38.3 Å². The molecule has 0 aliphatic carbocycles. The summed E-state index contributed by atoms with van der Waals surface area (Å²) in [5.74, 6) is -0.140. The number of carbonyl (C=O) groups is 1. The lowest BCUT2D eigenvalue weighted by Crippen LogP contribution is -3.30. The van der Waals surface area contributed by atoms with E-state index in [4.69, 9.17) is 0 Å². The molecule has 0 radical (unpaired) electrons. The van der Waals surface area contributed by atoms with Crippen molar-refractivity contribution in [3.05, 3.63) is 77.6 Å². The van der Waals surface area contributed by atoms with Crippen LogP contribution in [0.2, 0.25) is 0 Å². The SMILES string of the molecule is C[C@H](C(=O)N(C)Cc1cccc(F)c1)[NH+]1CC[NH+](C/C=C/c2ccccc2)CC1. The number of rotatable bonds is 7. The first-order chi connectivity index (χ1) is 14.0. The Bertz CT molecular complexity index is 816. The summed E-state index contributed by atoms with van der Waals surface area (Å²) in [6, 6.07) is 16.8. The van der Waals surface area contributed by atoms with Crippen molar-refractivity contribution in [2.24, 2.45) is 0 Å². The Balaban J connectivity index is 1.44. The standard InChI is InChI=1S/C24H30FN3O/c1-20(24(29)26(2)19-22-10-6-12-23(25)18-22)28-16-14-27(15-17-28)13-7-11-21-8-4-3-5-9-21/h3-12,18,20H,13-17,19H2,1-2H3/p+2/b11-7+/t20-/m1/s1. The zero-order valence-electron chi connectivity index (χ0n) is 17.4. The Morgan fingerprint density at radius 3 is 2.52 bits per heavy atom. The van der Waals surface area contributed by atoms with Crippen LogP contribution >= 0.6 is 0 Å². The number of nitrogens with zero attached hydrogens (tertiary/aromatic N) is 1. The molecule has 0 aromatic heterocycles. The number of halogens is 1. The molecule has 4 nitrogen and oxygen atoms in total. The molecule has 0 unspecified atom stereocenters. The van der Waals surface area contributed by atoms with Crippen molar-refractivity contribution in [3.8, 4) is 0 Å². The Morgan fingerprint density at radius 1 is 1.10 bits per heavy atom. The third-order valence-electron chi connectivity index (χ3n) is 5.78. The number of benzene rings is 2. The zero-order valence-corrected chi connectivity index (χ0v) is 17.4. The van der Waals surface area contributed by atoms with Crippen LogP contribution in [-0.4, -0.2) is 56.6 Å². The Labute approximate surface area is 173 Å². The van der Waals surface area contributed by atoms with E-state index in [9.17, 15) is 9.18 Å². The van der Waals surface area contributed by atoms with Gasteiger partial charge in [-0.3, -0.25) is 4.79 Å². The lowest BCUT2D eigenvalue weighted by molar-refractivity contribution is -1.02. The third-order valence-corrected chi connectivity index (χ3v) is 5.78. The number of nitrogens with one attached hydrogen (secondary N) is 2. The topological polar surface area (TPSA) is 29.2 Å². The van der Waals surface area contributed by atoms with Gasteiger partial charge >= 0.3 is 0 Å². The molecule has 2 aromatic carbocycles. The normalized spacial score (nSPS) is 20.5. The predicted molar refractivity (Wildman–Crippen MR) is 114 cm³/mol. The fraction of sp³-hybridized carbons (Fsp3) is 0.375. The van der Waals surface area contributed by atoms with E-state index in [1.165, 1.54) is 22.6 Å². The second-order valence-corrected chi connectivity index (χ2v) is 7.97. The van der Waals surface area contributed by atoms with Gasteiger partial charge in [-0.25, -0.2) is 4.39 Å². The number of quaternary nitrogens is 2. The van der Waals surface area contributed by atoms with Crippen molar-refractivity contribution < 1.29 is 19.0 Å². The van der Waals surface area contributed by atoms with Gasteiger partial charge < -0.3 is 14.7 Å². The van der Waals surface area contributed by atoms with Crippen molar-refractivity contribution in [1.29, 1.82) is 0 Å². The first kappa shape index (κ1) is 21.2. The zero-order chi connectivity index (χ0) is 20.6. The molecule has 0 saturated carbocycles. The van der Waals surface area contributed by atoms with Gasteiger partial charge in [-0.05, 0) is 36.3 Å². The molecule has 1 amide bonds. The summed E-state index contributed by atoms with van der Waals surface area (Å²) in [6.07, 6.45) is 4.43. The van der Waals surface area contributed by atoms with E-state index in [-0.39, 0.29) is 17.8 Å². The Morgan fingerprint density at radius 2 is 1.83 bits per heavy atom. The molecule has 1 saturated heterocycles. The molecule has 1 aliphatic rings. The van der Waals surface area contributed by atoms with E-state index in [1.807, 2.05) is 19.1 Å². The van der Waals surface area contributed by atoms with Gasteiger partial charge in [0, 0.05) is 13.6 Å². The highest BCUT2D eigenvalue weighted by molar-refractivity contribution is 5.79. The van der Waals surface area contributed by atoms with Gasteiger partial charge in [0.2, 0.25) is 0 Å². The average Bonchev–Trinajstić information content (AvgIpc) is 2.74. The molecule has 2 N–H and O–H groups in total. The maximum Gasteiger partial charge on any atom is 0.280 e. The summed E-state index contributed by atoms with van der Waals surface area (Å²) in [5, 5.41) is 0. The molecule has 29 heavy (non-hydrogen) atoms. The predicted octanol–water partition coefficient (Wildman–Crippen LogP) is 0.669. The largest absolute Gasteiger partial charge is 0.336 e. The summed E-state index contributed by atoms with van der Waals surface area (Å²) < 4.78 is 13.4. The van der Waals surface area contributed by atoms with Crippen molar-refractivity contribution in [1.82, 2.24) is 4.90 Å². The van der Waals surface area contributed by atoms with Crippen LogP contribution in [0, 0.1) is 5.82 Å². The van der Waals surface area contributed by atoms with E-state index >= 15 is 0 Å². The minimum Gasteiger partial charge on any atom is -0.336 e. The van der Waals surface area contributed by atoms with Gasteiger partial charge in [0.05, 0.1) is 6.54 Å². The van der Waals surface area contributed by atoms with Gasteiger partial charge in [-0.15, -0.1) is 0 Å². The number of hydrogen-bond donors (Lipinski definition) is 2. The average molecular weight is 398 g/mol. The van der Waals surface area contributed by atoms with Crippen molar-refractivity contribution in [2.45, 2.75) is 19.5 Å². The highest BCUT2D eigenvalue weighted by atomic mass is 19.1. The molecule has 3 rings (SSSR count). The van der Waals surface area contributed by atoms with Crippen LogP contribution in [0.15, 0.2) is 60.7 Å². The van der Waals surface area contributed by atoms with Gasteiger partial charge in [0.1, 0.15) is 32.0 Å². The van der Waals surface area contributed by atoms with Gasteiger partial charge in [-0.2, -0.15) is 0 Å². The van der Waals surface area contributed by atoms with Crippen LogP contribution in [0.1, 0.15) is 18.1 Å². The van der Waals surface area contributed by atoms with E-state index in [2.05, 4.69) is 36.4 Å². The van der Waals surface area contributed by atoms with Crippen molar-refractivity contribution in [2.75, 3.05) is 39.8 Å². The molecule has 1 aliphatic heterocycles. The minimum atomic E-state index is -0.262. The van der Waals surface area contributed by atoms with E-state index in [0.29, 0.717) is 6.54 Å². The van der Waals surface area contributed by atoms with Crippen molar-refractivity contribution in [3.63, 3.8) is 0 Å². The number of amides is 1. The number of piperazine rings is 1. The fourth-order valence-corrected chi connectivity index (χ4v) is 3.98. The molecular weight excluding hydrogens is 365 g/mol. The molecule has 2 aromatic rings. The van der Waals surface area contributed by atoms with Gasteiger partial charge in [0.15, 0.2) is 6.04 Å². The van der Waals surface area contributed by atoms with Crippen LogP contribution in [0.3, 0.4) is 0 Å². The fourth-order valence-electron chi connectivity index (χ4n) is 3.98. The lowest BCUT2D eigenvalue weighted by Gasteiger charge is -2.33. The quantitative estimate of drug-likeness (QED) is 0.707. The molecule has 5 heteroatoms. The van der Waals surface area contributed by atoms with Crippen LogP contribution < -0.4 is 9.80 Å². The third kappa shape index (κ3) is 6.24. The van der Waals surface area contributed by atoms with Gasteiger partial charge in [-0.1, -0.05) is 48.5 Å². The molecule has 1 atom stereocenters. The molecule has 1 heterocycles. The van der Waals surface area contributed by atoms with Crippen molar-refractivity contribution >= 4 is 12.0 Å². The molecule has 0 spiro atoms. The monoisotopic (exact) mass is 397 g/mol. The van der Waals surface area contributed by atoms with E-state index in [1.54, 1.807) is 22.9 Å². The summed E-state index contributed by atoms with van der Waals surface area (Å²) in [5.41, 5.74) is 2.05. The molecule has 1 fully saturated rings. The van der Waals surface area contributed by atoms with Gasteiger partial charge in [0.25, 0.3) is 5.91 Å². The minimum absolute atomic E-state index is 0.0741. The first-order valence-electron chi connectivity index (χ1n) is 10.4. The van der Waals surface area contributed by atoms with Crippen LogP contribution in [0.5, 0.6) is 0 Å². The highest BCUT2D eigenvalue weighted by Crippen LogP contribution is 2.07. The second kappa shape index (κ2) is 10.3. The Hall–Kier alpha value is -2.50. The van der Waals surface area contributed by atoms with E-state index < -0.39 is 0 Å². The van der Waals surface area contributed by atoms with Crippen LogP contribution in [0.4, 0.5) is 4.39 Å². The maximum atomic E-state index is 13.4. The molecular formula is C24H32FN3O+2. The molecule has 0 bridgehead atoms. The summed E-state index contributed by atoms with van der Waals surface area (Å²) in [4.78, 5) is 17.5. The Kier molecular flexibility index (Phi) is 7.55. The summed E-state index contributed by atoms with van der Waals surface area (Å²) in [6.45, 7) is 7.60. The first-order valence-corrected chi connectivity index (χ1v) is 10.4. The van der Waals surface area contributed by atoms with Crippen LogP contribution in [-0.2, 0) is 11.3 Å². The maximum absolute atomic E-state index is 13.4. The van der Waals surface area contributed by atoms with Crippen LogP contribution in [0.25, 0.3) is 6.08 Å². The summed E-state index contributed by atoms with van der Waals surface area (Å²) >= 11 is 0. The molecule has 154 valence electrons. The number of likely N-dealkylation sites (N-methyl/N-ethyl adjacent to an activating group) is 1. The smallest absolute Gasteiger partial charge is 0.280 e. The highest BCUT2D eigenvalue weighted by Gasteiger charge is 2.32. The number of carbonyl (C=O) groups excluding carboxylic acids is 1. The second-order valence-electron chi connectivity index (χ2n) is 7.97. The lowest BCUT2D eigenvalue weighted by atomic mass is 10.1. The number of hydrogen-bond acceptors (Lipinski definition) is 1. The summed E-state index contributed by atoms with van der Waals surface area (Å²) in [7, 11) is 1.80.